The van der Waals surface area contributed by atoms with E-state index in [2.05, 4.69) is 15.9 Å². The van der Waals surface area contributed by atoms with Gasteiger partial charge in [-0.15, -0.1) is 0 Å². The van der Waals surface area contributed by atoms with Crippen LogP contribution < -0.4 is 10.5 Å². The van der Waals surface area contributed by atoms with Crippen molar-refractivity contribution in [2.45, 2.75) is 18.8 Å². The van der Waals surface area contributed by atoms with Gasteiger partial charge >= 0.3 is 5.97 Å². The van der Waals surface area contributed by atoms with Crippen molar-refractivity contribution in [2.75, 3.05) is 13.7 Å². The van der Waals surface area contributed by atoms with E-state index in [0.717, 1.165) is 4.47 Å². The number of ether oxygens (including phenoxy) is 1. The van der Waals surface area contributed by atoms with Gasteiger partial charge in [0.2, 0.25) is 0 Å². The predicted octanol–water partition coefficient (Wildman–Crippen LogP) is 2.15. The van der Waals surface area contributed by atoms with Crippen LogP contribution in [-0.2, 0) is 10.2 Å². The number of rotatable bonds is 5. The van der Waals surface area contributed by atoms with Crippen LogP contribution in [0.2, 0.25) is 0 Å². The number of benzene rings is 1. The van der Waals surface area contributed by atoms with Crippen LogP contribution >= 0.6 is 15.9 Å². The van der Waals surface area contributed by atoms with Gasteiger partial charge in [-0.2, -0.15) is 0 Å². The minimum absolute atomic E-state index is 0.304. The number of methoxy groups -OCH3 is 1. The van der Waals surface area contributed by atoms with E-state index in [1.54, 1.807) is 19.1 Å². The molecule has 3 N–H and O–H groups in total. The Morgan fingerprint density at radius 3 is 2.71 bits per heavy atom. The molecule has 0 radical (unpaired) electrons. The van der Waals surface area contributed by atoms with Crippen molar-refractivity contribution < 1.29 is 14.6 Å². The summed E-state index contributed by atoms with van der Waals surface area (Å²) in [6.45, 7) is 1.96. The lowest BCUT2D eigenvalue weighted by atomic mass is 9.79. The number of hydrogen-bond acceptors (Lipinski definition) is 3. The lowest BCUT2D eigenvalue weighted by Gasteiger charge is -2.26. The molecule has 1 rings (SSSR count). The fourth-order valence-corrected chi connectivity index (χ4v) is 2.12. The van der Waals surface area contributed by atoms with E-state index in [1.807, 2.05) is 6.07 Å². The number of nitrogens with two attached hydrogens (primary N) is 1. The van der Waals surface area contributed by atoms with Crippen LogP contribution in [0.15, 0.2) is 22.7 Å². The molecule has 0 fully saturated rings. The Kier molecular flexibility index (Phi) is 4.54. The van der Waals surface area contributed by atoms with Gasteiger partial charge in [-0.25, -0.2) is 0 Å². The largest absolute Gasteiger partial charge is 0.496 e. The third-order valence-electron chi connectivity index (χ3n) is 2.87. The zero-order valence-electron chi connectivity index (χ0n) is 9.87. The van der Waals surface area contributed by atoms with Crippen molar-refractivity contribution >= 4 is 21.9 Å². The monoisotopic (exact) mass is 301 g/mol. The summed E-state index contributed by atoms with van der Waals surface area (Å²) >= 11 is 3.34. The maximum Gasteiger partial charge on any atom is 0.314 e. The molecule has 0 heterocycles. The average molecular weight is 302 g/mol. The number of hydrogen-bond donors (Lipinski definition) is 2. The Bertz CT molecular complexity index is 422. The molecule has 0 aliphatic rings. The molecule has 1 atom stereocenters. The highest BCUT2D eigenvalue weighted by atomic mass is 79.9. The van der Waals surface area contributed by atoms with Gasteiger partial charge in [-0.1, -0.05) is 15.9 Å². The lowest BCUT2D eigenvalue weighted by molar-refractivity contribution is -0.143. The number of carboxylic acids is 1. The molecule has 0 saturated carbocycles. The number of aliphatic carboxylic acids is 1. The molecule has 4 nitrogen and oxygen atoms in total. The summed E-state index contributed by atoms with van der Waals surface area (Å²) in [5.74, 6) is -0.342. The molecule has 0 amide bonds. The van der Waals surface area contributed by atoms with Gasteiger partial charge in [0.05, 0.1) is 12.5 Å². The number of halogens is 1. The first-order valence-corrected chi connectivity index (χ1v) is 6.02. The summed E-state index contributed by atoms with van der Waals surface area (Å²) in [5, 5.41) is 9.40. The Morgan fingerprint density at radius 2 is 2.24 bits per heavy atom. The van der Waals surface area contributed by atoms with E-state index < -0.39 is 11.4 Å². The number of carbonyl (C=O) groups is 1. The van der Waals surface area contributed by atoms with Crippen molar-refractivity contribution in [1.82, 2.24) is 0 Å². The predicted molar refractivity (Wildman–Crippen MR) is 69.4 cm³/mol. The van der Waals surface area contributed by atoms with E-state index >= 15 is 0 Å². The van der Waals surface area contributed by atoms with Gasteiger partial charge in [0, 0.05) is 10.0 Å². The maximum absolute atomic E-state index is 11.5. The third kappa shape index (κ3) is 2.79. The standard InChI is InChI=1S/C12H16BrNO3/c1-12(5-6-14,11(15)16)9-7-8(13)3-4-10(9)17-2/h3-4,7H,5-6,14H2,1-2H3,(H,15,16). The molecule has 1 aromatic carbocycles. The average Bonchev–Trinajstić information content (AvgIpc) is 2.29. The smallest absolute Gasteiger partial charge is 0.314 e. The molecule has 17 heavy (non-hydrogen) atoms. The minimum Gasteiger partial charge on any atom is -0.496 e. The molecule has 5 heteroatoms. The first kappa shape index (κ1) is 14.0. The highest BCUT2D eigenvalue weighted by Gasteiger charge is 2.37. The van der Waals surface area contributed by atoms with Gasteiger partial charge in [0.1, 0.15) is 5.75 Å². The Balaban J connectivity index is 3.36. The first-order chi connectivity index (χ1) is 7.95. The maximum atomic E-state index is 11.5. The topological polar surface area (TPSA) is 72.5 Å². The second kappa shape index (κ2) is 5.51. The molecule has 1 unspecified atom stereocenters. The molecule has 1 aromatic rings. The summed E-state index contributed by atoms with van der Waals surface area (Å²) in [6.07, 6.45) is 0.356. The van der Waals surface area contributed by atoms with E-state index in [0.29, 0.717) is 24.3 Å². The molecule has 94 valence electrons. The SMILES string of the molecule is COc1ccc(Br)cc1C(C)(CCN)C(=O)O. The summed E-state index contributed by atoms with van der Waals surface area (Å²) in [6, 6.07) is 5.33. The summed E-state index contributed by atoms with van der Waals surface area (Å²) in [5.41, 5.74) is 5.10. The quantitative estimate of drug-likeness (QED) is 0.874. The Labute approximate surface area is 109 Å². The van der Waals surface area contributed by atoms with Crippen molar-refractivity contribution in [3.8, 4) is 5.75 Å². The van der Waals surface area contributed by atoms with Crippen molar-refractivity contribution in [2.24, 2.45) is 5.73 Å². The van der Waals surface area contributed by atoms with Crippen LogP contribution in [0.25, 0.3) is 0 Å². The van der Waals surface area contributed by atoms with Crippen LogP contribution in [0.3, 0.4) is 0 Å². The van der Waals surface area contributed by atoms with Gasteiger partial charge < -0.3 is 15.6 Å². The van der Waals surface area contributed by atoms with E-state index in [-0.39, 0.29) is 0 Å². The third-order valence-corrected chi connectivity index (χ3v) is 3.37. The molecule has 0 aromatic heterocycles. The highest BCUT2D eigenvalue weighted by molar-refractivity contribution is 9.10. The Morgan fingerprint density at radius 1 is 1.59 bits per heavy atom. The van der Waals surface area contributed by atoms with Crippen LogP contribution in [0.1, 0.15) is 18.9 Å². The minimum atomic E-state index is -1.04. The summed E-state index contributed by atoms with van der Waals surface area (Å²) in [4.78, 5) is 11.5. The van der Waals surface area contributed by atoms with Gasteiger partial charge in [-0.05, 0) is 38.1 Å². The Hall–Kier alpha value is -1.07. The highest BCUT2D eigenvalue weighted by Crippen LogP contribution is 2.36. The summed E-state index contributed by atoms with van der Waals surface area (Å²) in [7, 11) is 1.53. The molecular weight excluding hydrogens is 286 g/mol. The van der Waals surface area contributed by atoms with Gasteiger partial charge in [-0.3, -0.25) is 4.79 Å². The van der Waals surface area contributed by atoms with Crippen LogP contribution in [0.4, 0.5) is 0 Å². The first-order valence-electron chi connectivity index (χ1n) is 5.23. The van der Waals surface area contributed by atoms with Crippen LogP contribution in [-0.4, -0.2) is 24.7 Å². The van der Waals surface area contributed by atoms with Gasteiger partial charge in [0.15, 0.2) is 0 Å². The second-order valence-electron chi connectivity index (χ2n) is 4.02. The second-order valence-corrected chi connectivity index (χ2v) is 4.94. The fraction of sp³-hybridized carbons (Fsp3) is 0.417. The normalized spacial score (nSPS) is 14.1. The van der Waals surface area contributed by atoms with Crippen LogP contribution in [0, 0.1) is 0 Å². The van der Waals surface area contributed by atoms with Crippen molar-refractivity contribution in [3.63, 3.8) is 0 Å². The molecule has 0 bridgehead atoms. The number of carboxylic acid groups (broad SMARTS) is 1. The molecule has 0 saturated heterocycles. The van der Waals surface area contributed by atoms with E-state index in [1.165, 1.54) is 7.11 Å². The molecule has 0 spiro atoms. The van der Waals surface area contributed by atoms with E-state index in [4.69, 9.17) is 10.5 Å². The van der Waals surface area contributed by atoms with Crippen molar-refractivity contribution in [1.29, 1.82) is 0 Å². The summed E-state index contributed by atoms with van der Waals surface area (Å²) < 4.78 is 6.04. The zero-order valence-corrected chi connectivity index (χ0v) is 11.5. The van der Waals surface area contributed by atoms with E-state index in [9.17, 15) is 9.90 Å². The fourth-order valence-electron chi connectivity index (χ4n) is 1.76. The lowest BCUT2D eigenvalue weighted by Crippen LogP contribution is -2.35. The molecular formula is C12H16BrNO3. The molecule has 0 aliphatic heterocycles. The van der Waals surface area contributed by atoms with Crippen molar-refractivity contribution in [3.05, 3.63) is 28.2 Å². The van der Waals surface area contributed by atoms with Crippen LogP contribution in [0.5, 0.6) is 5.75 Å². The molecule has 0 aliphatic carbocycles. The zero-order chi connectivity index (χ0) is 13.1. The van der Waals surface area contributed by atoms with Gasteiger partial charge in [0.25, 0.3) is 0 Å².